The van der Waals surface area contributed by atoms with Gasteiger partial charge < -0.3 is 25.4 Å². The van der Waals surface area contributed by atoms with Crippen LogP contribution in [0.25, 0.3) is 0 Å². The van der Waals surface area contributed by atoms with Crippen LogP contribution in [0.2, 0.25) is 0 Å². The largest absolute Gasteiger partial charge is 0.444 e. The maximum absolute atomic E-state index is 13.8. The molecular formula is C29H49N3O5. The molecule has 1 aromatic rings. The van der Waals surface area contributed by atoms with Crippen LogP contribution < -0.4 is 10.6 Å². The molecule has 3 amide bonds. The van der Waals surface area contributed by atoms with Gasteiger partial charge in [-0.25, -0.2) is 4.79 Å². The number of hydrogen-bond donors (Lipinski definition) is 3. The van der Waals surface area contributed by atoms with Crippen LogP contribution in [0.1, 0.15) is 102 Å². The van der Waals surface area contributed by atoms with Crippen LogP contribution in [0.5, 0.6) is 0 Å². The average molecular weight is 520 g/mol. The van der Waals surface area contributed by atoms with Gasteiger partial charge in [-0.2, -0.15) is 0 Å². The van der Waals surface area contributed by atoms with Crippen molar-refractivity contribution in [1.82, 2.24) is 15.5 Å². The van der Waals surface area contributed by atoms with E-state index in [-0.39, 0.29) is 5.91 Å². The van der Waals surface area contributed by atoms with E-state index < -0.39 is 36.3 Å². The number of aryl methyl sites for hydroxylation is 2. The molecule has 1 rings (SSSR count). The molecule has 0 aliphatic heterocycles. The van der Waals surface area contributed by atoms with E-state index in [0.29, 0.717) is 19.5 Å². The number of nitrogens with one attached hydrogen (secondary N) is 2. The number of nitrogens with zero attached hydrogens (tertiary/aromatic N) is 1. The topological polar surface area (TPSA) is 108 Å². The van der Waals surface area contributed by atoms with Gasteiger partial charge in [0, 0.05) is 13.1 Å². The predicted octanol–water partition coefficient (Wildman–Crippen LogP) is 4.95. The van der Waals surface area contributed by atoms with Gasteiger partial charge in [0.05, 0.1) is 6.61 Å². The smallest absolute Gasteiger partial charge is 0.408 e. The summed E-state index contributed by atoms with van der Waals surface area (Å²) in [7, 11) is 0. The van der Waals surface area contributed by atoms with Gasteiger partial charge >= 0.3 is 6.09 Å². The Labute approximate surface area is 223 Å². The normalized spacial score (nSPS) is 13.0. The number of rotatable bonds is 15. The summed E-state index contributed by atoms with van der Waals surface area (Å²) in [6.07, 6.45) is 5.75. The first-order chi connectivity index (χ1) is 17.4. The quantitative estimate of drug-likeness (QED) is 0.284. The van der Waals surface area contributed by atoms with Gasteiger partial charge in [-0.15, -0.1) is 0 Å². The van der Waals surface area contributed by atoms with E-state index in [1.807, 2.05) is 32.0 Å². The lowest BCUT2D eigenvalue weighted by Crippen LogP contribution is -2.54. The van der Waals surface area contributed by atoms with Crippen LogP contribution in [0.4, 0.5) is 4.79 Å². The Morgan fingerprint density at radius 2 is 1.65 bits per heavy atom. The third-order valence-corrected chi connectivity index (χ3v) is 6.08. The lowest BCUT2D eigenvalue weighted by Gasteiger charge is -2.35. The number of aliphatic hydroxyl groups excluding tert-OH is 1. The number of aliphatic hydroxyl groups is 1. The zero-order chi connectivity index (χ0) is 28.0. The summed E-state index contributed by atoms with van der Waals surface area (Å²) in [6.45, 7) is 13.5. The molecule has 0 aliphatic carbocycles. The van der Waals surface area contributed by atoms with Crippen molar-refractivity contribution in [2.24, 2.45) is 0 Å². The molecule has 3 N–H and O–H groups in total. The Kier molecular flexibility index (Phi) is 14.3. The Balaban J connectivity index is 3.40. The molecule has 1 aromatic carbocycles. The van der Waals surface area contributed by atoms with Gasteiger partial charge in [0.15, 0.2) is 0 Å². The minimum absolute atomic E-state index is 0.261. The molecule has 0 bridgehead atoms. The predicted molar refractivity (Wildman–Crippen MR) is 147 cm³/mol. The molecule has 8 nitrogen and oxygen atoms in total. The van der Waals surface area contributed by atoms with Gasteiger partial charge in [-0.1, -0.05) is 69.7 Å². The van der Waals surface area contributed by atoms with Gasteiger partial charge in [-0.05, 0) is 58.6 Å². The van der Waals surface area contributed by atoms with Gasteiger partial charge in [0.25, 0.3) is 0 Å². The zero-order valence-electron chi connectivity index (χ0n) is 24.0. The summed E-state index contributed by atoms with van der Waals surface area (Å²) in [5.74, 6) is -0.776. The summed E-state index contributed by atoms with van der Waals surface area (Å²) in [4.78, 5) is 41.4. The van der Waals surface area contributed by atoms with Crippen molar-refractivity contribution < 1.29 is 24.2 Å². The SMILES string of the molecule is CCCCCCN(C(=O)C(CO)NC(=O)OC(C)(C)C)C(C(=O)NCCCCC)c1cc(C)ccc1C. The first kappa shape index (κ1) is 32.4. The van der Waals surface area contributed by atoms with Crippen LogP contribution in [-0.4, -0.2) is 59.3 Å². The fourth-order valence-corrected chi connectivity index (χ4v) is 4.10. The van der Waals surface area contributed by atoms with E-state index >= 15 is 0 Å². The van der Waals surface area contributed by atoms with E-state index in [1.54, 1.807) is 20.8 Å². The third-order valence-electron chi connectivity index (χ3n) is 6.08. The highest BCUT2D eigenvalue weighted by Gasteiger charge is 2.36. The van der Waals surface area contributed by atoms with Crippen molar-refractivity contribution in [3.8, 4) is 0 Å². The van der Waals surface area contributed by atoms with Crippen LogP contribution in [-0.2, 0) is 14.3 Å². The fraction of sp³-hybridized carbons (Fsp3) is 0.690. The minimum Gasteiger partial charge on any atom is -0.444 e. The zero-order valence-corrected chi connectivity index (χ0v) is 24.0. The number of hydrogen-bond acceptors (Lipinski definition) is 5. The molecule has 2 atom stereocenters. The van der Waals surface area contributed by atoms with E-state index in [9.17, 15) is 19.5 Å². The summed E-state index contributed by atoms with van der Waals surface area (Å²) in [5, 5.41) is 15.6. The molecule has 0 radical (unpaired) electrons. The molecule has 0 aliphatic rings. The van der Waals surface area contributed by atoms with E-state index in [0.717, 1.165) is 55.2 Å². The van der Waals surface area contributed by atoms with Crippen LogP contribution >= 0.6 is 0 Å². The van der Waals surface area contributed by atoms with Crippen LogP contribution in [0.3, 0.4) is 0 Å². The molecular weight excluding hydrogens is 470 g/mol. The lowest BCUT2D eigenvalue weighted by molar-refractivity contribution is -0.143. The van der Waals surface area contributed by atoms with Crippen LogP contribution in [0, 0.1) is 13.8 Å². The number of benzene rings is 1. The van der Waals surface area contributed by atoms with E-state index in [2.05, 4.69) is 24.5 Å². The van der Waals surface area contributed by atoms with Crippen molar-refractivity contribution in [3.63, 3.8) is 0 Å². The second-order valence-corrected chi connectivity index (χ2v) is 10.7. The number of carbonyl (C=O) groups excluding carboxylic acids is 3. The third kappa shape index (κ3) is 11.5. The standard InChI is InChI=1S/C29H49N3O5/c1-8-10-12-14-18-32(27(35)24(20-33)31-28(36)37-29(5,6)7)25(26(34)30-17-13-11-9-2)23-19-21(3)15-16-22(23)4/h15-16,19,24-25,33H,8-14,17-18,20H2,1-7H3,(H,30,34)(H,31,36). The summed E-state index contributed by atoms with van der Waals surface area (Å²) >= 11 is 0. The summed E-state index contributed by atoms with van der Waals surface area (Å²) in [5.41, 5.74) is 1.86. The first-order valence-electron chi connectivity index (χ1n) is 13.7. The molecule has 2 unspecified atom stereocenters. The second-order valence-electron chi connectivity index (χ2n) is 10.7. The highest BCUT2D eigenvalue weighted by atomic mass is 16.6. The van der Waals surface area contributed by atoms with Crippen molar-refractivity contribution in [2.75, 3.05) is 19.7 Å². The van der Waals surface area contributed by atoms with Crippen LogP contribution in [0.15, 0.2) is 18.2 Å². The molecule has 0 heterocycles. The highest BCUT2D eigenvalue weighted by molar-refractivity contribution is 5.92. The molecule has 8 heteroatoms. The number of ether oxygens (including phenoxy) is 1. The minimum atomic E-state index is -1.23. The lowest BCUT2D eigenvalue weighted by atomic mass is 9.95. The Bertz CT molecular complexity index is 866. The Hall–Kier alpha value is -2.61. The molecule has 37 heavy (non-hydrogen) atoms. The number of amides is 3. The highest BCUT2D eigenvalue weighted by Crippen LogP contribution is 2.27. The molecule has 0 saturated carbocycles. The van der Waals surface area contributed by atoms with Crippen molar-refractivity contribution in [2.45, 2.75) is 111 Å². The monoisotopic (exact) mass is 519 g/mol. The van der Waals surface area contributed by atoms with Gasteiger partial charge in [-0.3, -0.25) is 9.59 Å². The maximum atomic E-state index is 13.8. The van der Waals surface area contributed by atoms with E-state index in [4.69, 9.17) is 4.74 Å². The second kappa shape index (κ2) is 16.3. The summed E-state index contributed by atoms with van der Waals surface area (Å²) < 4.78 is 5.31. The number of alkyl carbamates (subject to hydrolysis) is 1. The first-order valence-corrected chi connectivity index (χ1v) is 13.7. The van der Waals surface area contributed by atoms with Crippen molar-refractivity contribution in [3.05, 3.63) is 34.9 Å². The fourth-order valence-electron chi connectivity index (χ4n) is 4.10. The number of unbranched alkanes of at least 4 members (excludes halogenated alkanes) is 5. The molecule has 0 aromatic heterocycles. The Morgan fingerprint density at radius 1 is 1.00 bits per heavy atom. The average Bonchev–Trinajstić information content (AvgIpc) is 2.82. The van der Waals surface area contributed by atoms with Gasteiger partial charge in [0.1, 0.15) is 17.7 Å². The molecule has 210 valence electrons. The molecule has 0 spiro atoms. The van der Waals surface area contributed by atoms with Crippen molar-refractivity contribution >= 4 is 17.9 Å². The summed E-state index contributed by atoms with van der Waals surface area (Å²) in [6, 6.07) is 3.74. The van der Waals surface area contributed by atoms with E-state index in [1.165, 1.54) is 4.90 Å². The Morgan fingerprint density at radius 3 is 2.24 bits per heavy atom. The number of carbonyl (C=O) groups is 3. The molecule has 0 saturated heterocycles. The van der Waals surface area contributed by atoms with Crippen molar-refractivity contribution in [1.29, 1.82) is 0 Å². The maximum Gasteiger partial charge on any atom is 0.408 e. The van der Waals surface area contributed by atoms with Gasteiger partial charge in [0.2, 0.25) is 11.8 Å². The molecule has 0 fully saturated rings.